The molecule has 0 bridgehead atoms. The predicted molar refractivity (Wildman–Crippen MR) is 615 cm³/mol. The average Bonchev–Trinajstić information content (AvgIpc) is 1.62. The van der Waals surface area contributed by atoms with Crippen LogP contribution in [0.2, 0.25) is 0 Å². The highest BCUT2D eigenvalue weighted by molar-refractivity contribution is 9.10. The van der Waals surface area contributed by atoms with Gasteiger partial charge in [0, 0.05) is 120 Å². The van der Waals surface area contributed by atoms with E-state index in [1.807, 2.05) is 60.7 Å². The number of anilines is 8. The van der Waals surface area contributed by atoms with Gasteiger partial charge in [-0.15, -0.1) is 0 Å². The summed E-state index contributed by atoms with van der Waals surface area (Å²) in [4.78, 5) is 4.80. The van der Waals surface area contributed by atoms with Crippen molar-refractivity contribution >= 4 is 143 Å². The smallest absolute Gasteiger partial charge is 0.116 e. The third kappa shape index (κ3) is 15.7. The number of phenolic OH excluding ortho intramolecular Hbond substituents is 2. The maximum absolute atomic E-state index is 11.6. The highest BCUT2D eigenvalue weighted by atomic mass is 79.9. The number of rotatable bonds is 15. The fourth-order valence-corrected chi connectivity index (χ4v) is 23.6. The van der Waals surface area contributed by atoms with Gasteiger partial charge in [-0.2, -0.15) is 0 Å². The Morgan fingerprint density at radius 3 is 0.821 bits per heavy atom. The molecular formula is C135H100Br2N6O2. The first-order valence-electron chi connectivity index (χ1n) is 49.6. The molecule has 0 saturated heterocycles. The maximum Gasteiger partial charge on any atom is 0.116 e. The molecule has 3 heterocycles. The van der Waals surface area contributed by atoms with E-state index >= 15 is 0 Å². The van der Waals surface area contributed by atoms with Crippen LogP contribution in [0.3, 0.4) is 0 Å². The summed E-state index contributed by atoms with van der Waals surface area (Å²) in [5.41, 5.74) is 42.8. The van der Waals surface area contributed by atoms with E-state index in [9.17, 15) is 10.2 Å². The van der Waals surface area contributed by atoms with Gasteiger partial charge in [0.1, 0.15) is 11.5 Å². The molecule has 24 aromatic rings. The fourth-order valence-electron chi connectivity index (χ4n) is 23.1. The van der Waals surface area contributed by atoms with Gasteiger partial charge < -0.3 is 39.0 Å². The molecule has 0 amide bonds. The normalized spacial score (nSPS) is 13.0. The number of hydrogen-bond donors (Lipinski definition) is 3. The van der Waals surface area contributed by atoms with Gasteiger partial charge in [0.2, 0.25) is 0 Å². The van der Waals surface area contributed by atoms with Crippen LogP contribution in [-0.2, 0) is 16.2 Å². The number of nitrogens with one attached hydrogen (secondary N) is 1. The maximum atomic E-state index is 11.6. The second-order valence-corrected chi connectivity index (χ2v) is 41.7. The molecule has 3 aliphatic carbocycles. The summed E-state index contributed by atoms with van der Waals surface area (Å²) in [6.45, 7) is 14.0. The van der Waals surface area contributed by atoms with Crippen LogP contribution in [0.15, 0.2) is 488 Å². The van der Waals surface area contributed by atoms with Crippen LogP contribution < -0.4 is 15.1 Å². The van der Waals surface area contributed by atoms with Crippen LogP contribution in [-0.4, -0.2) is 23.9 Å². The summed E-state index contributed by atoms with van der Waals surface area (Å²) < 4.78 is 9.18. The quantitative estimate of drug-likeness (QED) is 0.0954. The standard InChI is InChI=1S/C84H62N4O.C33H26N2.C18H12Br2O/c1-83(2)75-27-15-11-23-67(75)69-43-39-64(52-77(69)83)85(62-41-45-81-73(50-62)71-25-13-17-29-79(71)87(81)58-19-7-5-8-20-58)60-35-31-54(32-36-60)56-47-57(49-66(89)48-56)55-33-37-61(38-34-55)86(65-40-44-70-68-24-12-16-28-76(68)84(3,4)78(70)53-65)63-42-46-82-74(51-63)72-26-14-18-30-80(72)88(82)59-21-9-6-10-22-59;1-33(2)29-14-8-6-12-25(29)26-18-16-23(21-30(26)33)34-22-17-19-32-28(20-22)27-13-7-9-15-31(27)35(32)24-10-4-3-5-11-24;19-16-5-1-12(2-6-16)14-9-15(11-18(21)10-14)13-3-7-17(20)8-4-13/h5-53,89H,1-4H3;3-21,34H,1-2H3;1-11,21H. The zero-order valence-corrected chi connectivity index (χ0v) is 84.2. The Bertz CT molecular complexity index is 8830. The molecule has 3 aliphatic rings. The number of nitrogens with zero attached hydrogens (tertiary/aromatic N) is 5. The van der Waals surface area contributed by atoms with Crippen molar-refractivity contribution in [2.24, 2.45) is 0 Å². The van der Waals surface area contributed by atoms with Crippen molar-refractivity contribution in [3.8, 4) is 106 Å². The van der Waals surface area contributed by atoms with E-state index in [-0.39, 0.29) is 27.7 Å². The lowest BCUT2D eigenvalue weighted by Gasteiger charge is -2.28. The molecule has 0 atom stereocenters. The van der Waals surface area contributed by atoms with Gasteiger partial charge in [0.05, 0.1) is 33.1 Å². The van der Waals surface area contributed by atoms with Crippen LogP contribution in [0.1, 0.15) is 74.9 Å². The first kappa shape index (κ1) is 89.3. The molecule has 145 heavy (non-hydrogen) atoms. The van der Waals surface area contributed by atoms with Crippen molar-refractivity contribution in [1.82, 2.24) is 13.7 Å². The second kappa shape index (κ2) is 35.9. The lowest BCUT2D eigenvalue weighted by Crippen LogP contribution is -2.16. The van der Waals surface area contributed by atoms with Gasteiger partial charge in [0.15, 0.2) is 0 Å². The summed E-state index contributed by atoms with van der Waals surface area (Å²) in [5.74, 6) is 0.483. The van der Waals surface area contributed by atoms with Crippen LogP contribution in [0.25, 0.3) is 160 Å². The molecule has 0 unspecified atom stereocenters. The molecule has 10 heteroatoms. The summed E-state index contributed by atoms with van der Waals surface area (Å²) in [7, 11) is 0. The van der Waals surface area contributed by atoms with E-state index in [1.165, 1.54) is 127 Å². The topological polar surface area (TPSA) is 73.8 Å². The van der Waals surface area contributed by atoms with Gasteiger partial charge in [-0.1, -0.05) is 322 Å². The van der Waals surface area contributed by atoms with E-state index < -0.39 is 0 Å². The predicted octanol–water partition coefficient (Wildman–Crippen LogP) is 37.6. The second-order valence-electron chi connectivity index (χ2n) is 39.9. The van der Waals surface area contributed by atoms with Crippen molar-refractivity contribution in [2.45, 2.75) is 57.8 Å². The molecule has 0 saturated carbocycles. The molecular weight excluding hydrogens is 1900 g/mol. The molecule has 3 N–H and O–H groups in total. The number of hydrogen-bond acceptors (Lipinski definition) is 5. The Labute approximate surface area is 860 Å². The Balaban J connectivity index is 0.000000158. The Morgan fingerprint density at radius 2 is 0.455 bits per heavy atom. The summed E-state index contributed by atoms with van der Waals surface area (Å²) in [5, 5.41) is 32.6. The summed E-state index contributed by atoms with van der Waals surface area (Å²) in [6, 6.07) is 171. The number of aromatic nitrogens is 3. The lowest BCUT2D eigenvalue weighted by atomic mass is 9.82. The zero-order chi connectivity index (χ0) is 98.1. The number of halogens is 2. The van der Waals surface area contributed by atoms with Crippen LogP contribution in [0, 0.1) is 0 Å². The average molecular weight is 2000 g/mol. The first-order chi connectivity index (χ1) is 70.8. The van der Waals surface area contributed by atoms with Crippen molar-refractivity contribution < 1.29 is 10.2 Å². The van der Waals surface area contributed by atoms with Crippen LogP contribution >= 0.6 is 31.9 Å². The lowest BCUT2D eigenvalue weighted by molar-refractivity contribution is 0.475. The number of aromatic hydroxyl groups is 2. The largest absolute Gasteiger partial charge is 0.508 e. The third-order valence-electron chi connectivity index (χ3n) is 30.2. The highest BCUT2D eigenvalue weighted by Gasteiger charge is 2.39. The SMILES string of the molecule is CC1(C)c2ccccc2-c2ccc(N(c3ccc(-c4cc(O)cc(-c5ccc(N(c6ccc7c(c6)C(C)(C)c6ccccc6-7)c6ccc7c(c6)c6ccccc6n7-c6ccccc6)cc5)c4)cc3)c3ccc4c(c3)c3ccccc3n4-c3ccccc3)cc21.CC1(C)c2ccccc2-c2ccc(Nc3ccc4c(c3)c3ccccc3n4-c3ccccc3)cc21.Oc1cc(-c2ccc(Br)cc2)cc(-c2ccc(Br)cc2)c1. The van der Waals surface area contributed by atoms with Crippen molar-refractivity contribution in [2.75, 3.05) is 15.1 Å². The van der Waals surface area contributed by atoms with Gasteiger partial charge in [-0.25, -0.2) is 0 Å². The Morgan fingerprint density at radius 1 is 0.200 bits per heavy atom. The Kier molecular flexibility index (Phi) is 22.1. The molecule has 3 aromatic heterocycles. The molecule has 696 valence electrons. The van der Waals surface area contributed by atoms with E-state index in [0.29, 0.717) is 0 Å². The molecule has 8 nitrogen and oxygen atoms in total. The number of fused-ring (bicyclic) bond motifs is 18. The summed E-state index contributed by atoms with van der Waals surface area (Å²) >= 11 is 6.87. The van der Waals surface area contributed by atoms with Gasteiger partial charge in [-0.3, -0.25) is 0 Å². The zero-order valence-electron chi connectivity index (χ0n) is 81.0. The van der Waals surface area contributed by atoms with Crippen molar-refractivity contribution in [3.05, 3.63) is 522 Å². The summed E-state index contributed by atoms with van der Waals surface area (Å²) in [6.07, 6.45) is 0. The molecule has 21 aromatic carbocycles. The molecule has 0 radical (unpaired) electrons. The van der Waals surface area contributed by atoms with E-state index in [1.54, 1.807) is 12.1 Å². The van der Waals surface area contributed by atoms with E-state index in [4.69, 9.17) is 0 Å². The molecule has 0 aliphatic heterocycles. The van der Waals surface area contributed by atoms with Crippen LogP contribution in [0.4, 0.5) is 45.5 Å². The van der Waals surface area contributed by atoms with E-state index in [0.717, 1.165) is 121 Å². The molecule has 0 fully saturated rings. The number of phenols is 2. The molecule has 0 spiro atoms. The van der Waals surface area contributed by atoms with Gasteiger partial charge in [-0.05, 0) is 342 Å². The first-order valence-corrected chi connectivity index (χ1v) is 51.1. The highest BCUT2D eigenvalue weighted by Crippen LogP contribution is 2.56. The minimum atomic E-state index is -0.175. The third-order valence-corrected chi connectivity index (χ3v) is 31.2. The monoisotopic (exact) mass is 1990 g/mol. The molecule has 27 rings (SSSR count). The minimum absolute atomic E-state index is 0.00330. The minimum Gasteiger partial charge on any atom is -0.508 e. The van der Waals surface area contributed by atoms with Gasteiger partial charge in [0.25, 0.3) is 0 Å². The van der Waals surface area contributed by atoms with Crippen molar-refractivity contribution in [1.29, 1.82) is 0 Å². The number of para-hydroxylation sites is 6. The fraction of sp³-hybridized carbons (Fsp3) is 0.0667. The number of benzene rings is 21. The van der Waals surface area contributed by atoms with Crippen molar-refractivity contribution in [3.63, 3.8) is 0 Å². The van der Waals surface area contributed by atoms with E-state index in [2.05, 4.69) is 509 Å². The van der Waals surface area contributed by atoms with Gasteiger partial charge >= 0.3 is 0 Å². The Hall–Kier alpha value is -17.0. The van der Waals surface area contributed by atoms with Crippen LogP contribution in [0.5, 0.6) is 11.5 Å².